The number of aromatic nitrogens is 2. The highest BCUT2D eigenvalue weighted by Gasteiger charge is 2.34. The van der Waals surface area contributed by atoms with Crippen LogP contribution < -0.4 is 0 Å². The van der Waals surface area contributed by atoms with Crippen molar-refractivity contribution in [2.45, 2.75) is 25.8 Å². The number of hydrogen-bond donors (Lipinski definition) is 0. The second-order valence-electron chi connectivity index (χ2n) is 5.24. The van der Waals surface area contributed by atoms with Crippen LogP contribution >= 0.6 is 11.6 Å². The number of nitro benzene ring substituents is 1. The predicted octanol–water partition coefficient (Wildman–Crippen LogP) is 2.92. The second-order valence-corrected chi connectivity index (χ2v) is 5.65. The van der Waals surface area contributed by atoms with Crippen LogP contribution in [0.5, 0.6) is 0 Å². The zero-order valence-corrected chi connectivity index (χ0v) is 13.0. The Labute approximate surface area is 136 Å². The monoisotopic (exact) mass is 336 g/mol. The van der Waals surface area contributed by atoms with Crippen LogP contribution in [0.4, 0.5) is 5.69 Å². The van der Waals surface area contributed by atoms with Gasteiger partial charge in [0.1, 0.15) is 11.1 Å². The molecule has 1 aliphatic rings. The number of benzene rings is 1. The standard InChI is InChI=1S/C14H13ClN4O4/c1-8-16-17-13(23-8)12-3-2-6-18(12)14(20)9-4-5-11(19(21)22)10(15)7-9/h4-5,7,12H,2-3,6H2,1H3/t12-/m1/s1. The molecule has 0 spiro atoms. The Morgan fingerprint density at radius 1 is 1.48 bits per heavy atom. The average molecular weight is 337 g/mol. The van der Waals surface area contributed by atoms with Crippen LogP contribution in [-0.4, -0.2) is 32.5 Å². The van der Waals surface area contributed by atoms with Gasteiger partial charge < -0.3 is 9.32 Å². The van der Waals surface area contributed by atoms with E-state index in [9.17, 15) is 14.9 Å². The number of amides is 1. The molecule has 0 aliphatic carbocycles. The first-order chi connectivity index (χ1) is 11.0. The zero-order chi connectivity index (χ0) is 16.6. The van der Waals surface area contributed by atoms with E-state index in [1.54, 1.807) is 11.8 Å². The number of halogens is 1. The third kappa shape index (κ3) is 2.89. The highest BCUT2D eigenvalue weighted by molar-refractivity contribution is 6.33. The van der Waals surface area contributed by atoms with Crippen molar-refractivity contribution >= 4 is 23.2 Å². The molecule has 0 unspecified atom stereocenters. The van der Waals surface area contributed by atoms with Crippen LogP contribution in [0.15, 0.2) is 22.6 Å². The van der Waals surface area contributed by atoms with E-state index in [4.69, 9.17) is 16.0 Å². The van der Waals surface area contributed by atoms with Crippen LogP contribution in [0, 0.1) is 17.0 Å². The maximum atomic E-state index is 12.7. The van der Waals surface area contributed by atoms with Crippen molar-refractivity contribution in [1.82, 2.24) is 15.1 Å². The number of carbonyl (C=O) groups excluding carboxylic acids is 1. The van der Waals surface area contributed by atoms with Gasteiger partial charge in [-0.3, -0.25) is 14.9 Å². The molecule has 3 rings (SSSR count). The number of rotatable bonds is 3. The molecule has 23 heavy (non-hydrogen) atoms. The highest BCUT2D eigenvalue weighted by atomic mass is 35.5. The Balaban J connectivity index is 1.87. The van der Waals surface area contributed by atoms with Gasteiger partial charge in [-0.2, -0.15) is 0 Å². The molecular weight excluding hydrogens is 324 g/mol. The van der Waals surface area contributed by atoms with Gasteiger partial charge in [0.2, 0.25) is 11.8 Å². The summed E-state index contributed by atoms with van der Waals surface area (Å²) >= 11 is 5.88. The van der Waals surface area contributed by atoms with Crippen molar-refractivity contribution in [2.24, 2.45) is 0 Å². The first-order valence-electron chi connectivity index (χ1n) is 7.02. The zero-order valence-electron chi connectivity index (χ0n) is 12.2. The molecule has 8 nitrogen and oxygen atoms in total. The van der Waals surface area contributed by atoms with E-state index in [-0.39, 0.29) is 22.7 Å². The molecule has 1 atom stereocenters. The minimum atomic E-state index is -0.587. The Hall–Kier alpha value is -2.48. The summed E-state index contributed by atoms with van der Waals surface area (Å²) in [7, 11) is 0. The summed E-state index contributed by atoms with van der Waals surface area (Å²) in [6, 6.07) is 3.67. The lowest BCUT2D eigenvalue weighted by molar-refractivity contribution is -0.384. The molecule has 1 saturated heterocycles. The minimum Gasteiger partial charge on any atom is -0.423 e. The Kier molecular flexibility index (Phi) is 3.99. The van der Waals surface area contributed by atoms with Gasteiger partial charge in [-0.05, 0) is 25.0 Å². The summed E-state index contributed by atoms with van der Waals surface area (Å²) in [6.07, 6.45) is 1.55. The van der Waals surface area contributed by atoms with Gasteiger partial charge in [-0.15, -0.1) is 10.2 Å². The van der Waals surface area contributed by atoms with Gasteiger partial charge in [-0.25, -0.2) is 0 Å². The number of nitrogens with zero attached hydrogens (tertiary/aromatic N) is 4. The van der Waals surface area contributed by atoms with Crippen molar-refractivity contribution in [3.05, 3.63) is 50.7 Å². The van der Waals surface area contributed by atoms with Gasteiger partial charge >= 0.3 is 0 Å². The van der Waals surface area contributed by atoms with Gasteiger partial charge in [0.25, 0.3) is 11.6 Å². The SMILES string of the molecule is Cc1nnc([C@H]2CCCN2C(=O)c2ccc([N+](=O)[O-])c(Cl)c2)o1. The van der Waals surface area contributed by atoms with E-state index in [0.717, 1.165) is 12.8 Å². The van der Waals surface area contributed by atoms with E-state index in [1.165, 1.54) is 18.2 Å². The normalized spacial score (nSPS) is 17.5. The molecule has 0 radical (unpaired) electrons. The average Bonchev–Trinajstić information content (AvgIpc) is 3.14. The molecule has 2 aromatic rings. The lowest BCUT2D eigenvalue weighted by Gasteiger charge is -2.22. The number of aryl methyl sites for hydroxylation is 1. The van der Waals surface area contributed by atoms with Gasteiger partial charge in [-0.1, -0.05) is 11.6 Å². The highest BCUT2D eigenvalue weighted by Crippen LogP contribution is 2.33. The molecule has 1 amide bonds. The van der Waals surface area contributed by atoms with Crippen LogP contribution in [0.2, 0.25) is 5.02 Å². The van der Waals surface area contributed by atoms with E-state index >= 15 is 0 Å². The maximum absolute atomic E-state index is 12.7. The molecular formula is C14H13ClN4O4. The quantitative estimate of drug-likeness (QED) is 0.630. The van der Waals surface area contributed by atoms with Gasteiger partial charge in [0.15, 0.2) is 0 Å². The predicted molar refractivity (Wildman–Crippen MR) is 80.2 cm³/mol. The van der Waals surface area contributed by atoms with Crippen LogP contribution in [0.1, 0.15) is 41.0 Å². The summed E-state index contributed by atoms with van der Waals surface area (Å²) in [5.74, 6) is 0.583. The third-order valence-corrected chi connectivity index (χ3v) is 4.03. The summed E-state index contributed by atoms with van der Waals surface area (Å²) < 4.78 is 5.43. The van der Waals surface area contributed by atoms with Crippen molar-refractivity contribution in [2.75, 3.05) is 6.54 Å². The van der Waals surface area contributed by atoms with Crippen molar-refractivity contribution in [3.8, 4) is 0 Å². The molecule has 1 fully saturated rings. The molecule has 9 heteroatoms. The Morgan fingerprint density at radius 3 is 2.87 bits per heavy atom. The largest absolute Gasteiger partial charge is 0.423 e. The van der Waals surface area contributed by atoms with Gasteiger partial charge in [0.05, 0.1) is 4.92 Å². The van der Waals surface area contributed by atoms with Crippen molar-refractivity contribution < 1.29 is 14.1 Å². The number of hydrogen-bond acceptors (Lipinski definition) is 6. The summed E-state index contributed by atoms with van der Waals surface area (Å²) in [6.45, 7) is 2.24. The van der Waals surface area contributed by atoms with Gasteiger partial charge in [0, 0.05) is 25.1 Å². The molecule has 1 aliphatic heterocycles. The van der Waals surface area contributed by atoms with E-state index in [2.05, 4.69) is 10.2 Å². The first kappa shape index (κ1) is 15.4. The molecule has 1 aromatic carbocycles. The maximum Gasteiger partial charge on any atom is 0.287 e. The molecule has 1 aromatic heterocycles. The molecule has 0 bridgehead atoms. The lowest BCUT2D eigenvalue weighted by Crippen LogP contribution is -2.30. The van der Waals surface area contributed by atoms with E-state index < -0.39 is 4.92 Å². The fraction of sp³-hybridized carbons (Fsp3) is 0.357. The van der Waals surface area contributed by atoms with E-state index in [0.29, 0.717) is 23.9 Å². The smallest absolute Gasteiger partial charge is 0.287 e. The van der Waals surface area contributed by atoms with Crippen molar-refractivity contribution in [1.29, 1.82) is 0 Å². The van der Waals surface area contributed by atoms with Crippen LogP contribution in [-0.2, 0) is 0 Å². The number of likely N-dealkylation sites (tertiary alicyclic amines) is 1. The topological polar surface area (TPSA) is 102 Å². The van der Waals surface area contributed by atoms with E-state index in [1.807, 2.05) is 0 Å². The summed E-state index contributed by atoms with van der Waals surface area (Å²) in [5, 5.41) is 18.5. The number of carbonyl (C=O) groups is 1. The van der Waals surface area contributed by atoms with Crippen molar-refractivity contribution in [3.63, 3.8) is 0 Å². The third-order valence-electron chi connectivity index (χ3n) is 3.73. The fourth-order valence-electron chi connectivity index (χ4n) is 2.67. The second kappa shape index (κ2) is 5.96. The Morgan fingerprint density at radius 2 is 2.26 bits per heavy atom. The minimum absolute atomic E-state index is 0.0646. The molecule has 0 N–H and O–H groups in total. The molecule has 2 heterocycles. The van der Waals surface area contributed by atoms with Crippen LogP contribution in [0.3, 0.4) is 0 Å². The summed E-state index contributed by atoms with van der Waals surface area (Å²) in [4.78, 5) is 24.5. The lowest BCUT2D eigenvalue weighted by atomic mass is 10.1. The Bertz CT molecular complexity index is 776. The fourth-order valence-corrected chi connectivity index (χ4v) is 2.92. The summed E-state index contributed by atoms with van der Waals surface area (Å²) in [5.41, 5.74) is 0.0671. The molecule has 0 saturated carbocycles. The number of nitro groups is 1. The first-order valence-corrected chi connectivity index (χ1v) is 7.40. The molecule has 120 valence electrons. The van der Waals surface area contributed by atoms with Crippen LogP contribution in [0.25, 0.3) is 0 Å².